The number of anilines is 1. The summed E-state index contributed by atoms with van der Waals surface area (Å²) in [5.41, 5.74) is 3.23. The lowest BCUT2D eigenvalue weighted by molar-refractivity contribution is 0.393. The van der Waals surface area contributed by atoms with E-state index in [2.05, 4.69) is 16.4 Å². The molecule has 4 nitrogen and oxygen atoms in total. The number of hydrogen-bond donors (Lipinski definition) is 1. The SMILES string of the molecule is COc1cc(CNc2cncc(C)c2)cc(OC)c1. The maximum atomic E-state index is 5.25. The van der Waals surface area contributed by atoms with E-state index in [0.29, 0.717) is 6.54 Å². The van der Waals surface area contributed by atoms with Crippen LogP contribution in [-0.4, -0.2) is 19.2 Å². The number of nitrogens with one attached hydrogen (secondary N) is 1. The second-order valence-electron chi connectivity index (χ2n) is 4.33. The van der Waals surface area contributed by atoms with Crippen LogP contribution in [0.4, 0.5) is 5.69 Å². The van der Waals surface area contributed by atoms with E-state index >= 15 is 0 Å². The Morgan fingerprint density at radius 1 is 1.00 bits per heavy atom. The van der Waals surface area contributed by atoms with E-state index in [1.165, 1.54) is 0 Å². The van der Waals surface area contributed by atoms with Crippen LogP contribution in [0.2, 0.25) is 0 Å². The molecule has 0 saturated carbocycles. The Hall–Kier alpha value is -2.23. The Bertz CT molecular complexity index is 533. The maximum Gasteiger partial charge on any atom is 0.122 e. The van der Waals surface area contributed by atoms with Crippen LogP contribution >= 0.6 is 0 Å². The molecule has 0 atom stereocenters. The van der Waals surface area contributed by atoms with Crippen LogP contribution in [0.15, 0.2) is 36.7 Å². The standard InChI is InChI=1S/C15H18N2O2/c1-11-4-13(10-16-8-11)17-9-12-5-14(18-2)7-15(6-12)19-3/h4-8,10,17H,9H2,1-3H3. The monoisotopic (exact) mass is 258 g/mol. The average Bonchev–Trinajstić information content (AvgIpc) is 2.44. The van der Waals surface area contributed by atoms with Crippen molar-refractivity contribution < 1.29 is 9.47 Å². The summed E-state index contributed by atoms with van der Waals surface area (Å²) >= 11 is 0. The summed E-state index contributed by atoms with van der Waals surface area (Å²) in [5, 5.41) is 3.33. The molecule has 0 aliphatic heterocycles. The number of aryl methyl sites for hydroxylation is 1. The Balaban J connectivity index is 2.10. The molecule has 19 heavy (non-hydrogen) atoms. The summed E-state index contributed by atoms with van der Waals surface area (Å²) < 4.78 is 10.5. The van der Waals surface area contributed by atoms with Gasteiger partial charge in [-0.25, -0.2) is 0 Å². The fourth-order valence-electron chi connectivity index (χ4n) is 1.82. The quantitative estimate of drug-likeness (QED) is 0.895. The van der Waals surface area contributed by atoms with Crippen molar-refractivity contribution in [3.8, 4) is 11.5 Å². The third kappa shape index (κ3) is 3.61. The Labute approximate surface area is 113 Å². The van der Waals surface area contributed by atoms with Crippen LogP contribution < -0.4 is 14.8 Å². The third-order valence-corrected chi connectivity index (χ3v) is 2.78. The molecule has 100 valence electrons. The van der Waals surface area contributed by atoms with Crippen molar-refractivity contribution in [2.75, 3.05) is 19.5 Å². The first-order valence-electron chi connectivity index (χ1n) is 6.09. The van der Waals surface area contributed by atoms with E-state index in [-0.39, 0.29) is 0 Å². The molecule has 0 aliphatic rings. The molecule has 0 spiro atoms. The molecule has 2 rings (SSSR count). The van der Waals surface area contributed by atoms with Crippen molar-refractivity contribution in [1.82, 2.24) is 4.98 Å². The van der Waals surface area contributed by atoms with Gasteiger partial charge in [0.2, 0.25) is 0 Å². The number of aromatic nitrogens is 1. The van der Waals surface area contributed by atoms with Crippen LogP contribution in [0.5, 0.6) is 11.5 Å². The lowest BCUT2D eigenvalue weighted by Gasteiger charge is -2.10. The van der Waals surface area contributed by atoms with Crippen LogP contribution in [0, 0.1) is 6.92 Å². The molecule has 0 amide bonds. The second kappa shape index (κ2) is 6.09. The first-order chi connectivity index (χ1) is 9.21. The minimum Gasteiger partial charge on any atom is -0.497 e. The molecule has 0 fully saturated rings. The average molecular weight is 258 g/mol. The van der Waals surface area contributed by atoms with Crippen LogP contribution in [0.3, 0.4) is 0 Å². The minimum absolute atomic E-state index is 0.693. The molecule has 1 aromatic heterocycles. The molecular weight excluding hydrogens is 240 g/mol. The number of ether oxygens (including phenoxy) is 2. The molecule has 0 bridgehead atoms. The molecular formula is C15H18N2O2. The van der Waals surface area contributed by atoms with Gasteiger partial charge in [0.25, 0.3) is 0 Å². The highest BCUT2D eigenvalue weighted by Gasteiger charge is 2.02. The zero-order valence-electron chi connectivity index (χ0n) is 11.4. The van der Waals surface area contributed by atoms with Crippen LogP contribution in [0.25, 0.3) is 0 Å². The molecule has 0 radical (unpaired) electrons. The maximum absolute atomic E-state index is 5.25. The lowest BCUT2D eigenvalue weighted by Crippen LogP contribution is -2.01. The van der Waals surface area contributed by atoms with Gasteiger partial charge in [0.05, 0.1) is 19.9 Å². The summed E-state index contributed by atoms with van der Waals surface area (Å²) in [6, 6.07) is 7.89. The Morgan fingerprint density at radius 3 is 2.26 bits per heavy atom. The van der Waals surface area contributed by atoms with Gasteiger partial charge >= 0.3 is 0 Å². The molecule has 2 aromatic rings. The van der Waals surface area contributed by atoms with Gasteiger partial charge in [0, 0.05) is 25.0 Å². The zero-order chi connectivity index (χ0) is 13.7. The third-order valence-electron chi connectivity index (χ3n) is 2.78. The van der Waals surface area contributed by atoms with Gasteiger partial charge in [0.15, 0.2) is 0 Å². The Kier molecular flexibility index (Phi) is 4.23. The van der Waals surface area contributed by atoms with Gasteiger partial charge in [-0.3, -0.25) is 4.98 Å². The fourth-order valence-corrected chi connectivity index (χ4v) is 1.82. The molecule has 1 aromatic carbocycles. The highest BCUT2D eigenvalue weighted by Crippen LogP contribution is 2.23. The van der Waals surface area contributed by atoms with Crippen LogP contribution in [0.1, 0.15) is 11.1 Å². The summed E-state index contributed by atoms with van der Waals surface area (Å²) in [4.78, 5) is 4.15. The fraction of sp³-hybridized carbons (Fsp3) is 0.267. The van der Waals surface area contributed by atoms with E-state index in [4.69, 9.17) is 9.47 Å². The number of benzene rings is 1. The molecule has 1 N–H and O–H groups in total. The first-order valence-corrected chi connectivity index (χ1v) is 6.09. The molecule has 0 unspecified atom stereocenters. The zero-order valence-corrected chi connectivity index (χ0v) is 11.4. The van der Waals surface area contributed by atoms with E-state index < -0.39 is 0 Å². The number of hydrogen-bond acceptors (Lipinski definition) is 4. The highest BCUT2D eigenvalue weighted by atomic mass is 16.5. The van der Waals surface area contributed by atoms with Crippen molar-refractivity contribution in [2.45, 2.75) is 13.5 Å². The number of methoxy groups -OCH3 is 2. The highest BCUT2D eigenvalue weighted by molar-refractivity contribution is 5.45. The lowest BCUT2D eigenvalue weighted by atomic mass is 10.2. The molecule has 4 heteroatoms. The number of pyridine rings is 1. The minimum atomic E-state index is 0.693. The summed E-state index contributed by atoms with van der Waals surface area (Å²) in [5.74, 6) is 1.58. The molecule has 0 saturated heterocycles. The predicted molar refractivity (Wildman–Crippen MR) is 75.8 cm³/mol. The Morgan fingerprint density at radius 2 is 1.68 bits per heavy atom. The van der Waals surface area contributed by atoms with Crippen molar-refractivity contribution in [1.29, 1.82) is 0 Å². The van der Waals surface area contributed by atoms with Gasteiger partial charge in [-0.1, -0.05) is 0 Å². The van der Waals surface area contributed by atoms with Gasteiger partial charge in [0.1, 0.15) is 11.5 Å². The van der Waals surface area contributed by atoms with E-state index in [9.17, 15) is 0 Å². The van der Waals surface area contributed by atoms with E-state index in [1.807, 2.05) is 37.5 Å². The molecule has 1 heterocycles. The van der Waals surface area contributed by atoms with Crippen molar-refractivity contribution in [3.05, 3.63) is 47.8 Å². The topological polar surface area (TPSA) is 43.4 Å². The largest absolute Gasteiger partial charge is 0.497 e. The van der Waals surface area contributed by atoms with Crippen molar-refractivity contribution in [3.63, 3.8) is 0 Å². The second-order valence-corrected chi connectivity index (χ2v) is 4.33. The van der Waals surface area contributed by atoms with Crippen molar-refractivity contribution >= 4 is 5.69 Å². The van der Waals surface area contributed by atoms with Gasteiger partial charge in [-0.2, -0.15) is 0 Å². The summed E-state index contributed by atoms with van der Waals surface area (Å²) in [6.45, 7) is 2.71. The van der Waals surface area contributed by atoms with E-state index in [1.54, 1.807) is 14.2 Å². The van der Waals surface area contributed by atoms with Gasteiger partial charge < -0.3 is 14.8 Å². The van der Waals surface area contributed by atoms with Gasteiger partial charge in [-0.05, 0) is 36.2 Å². The number of rotatable bonds is 5. The first kappa shape index (κ1) is 13.2. The van der Waals surface area contributed by atoms with Gasteiger partial charge in [-0.15, -0.1) is 0 Å². The summed E-state index contributed by atoms with van der Waals surface area (Å²) in [6.07, 6.45) is 3.64. The molecule has 0 aliphatic carbocycles. The normalized spacial score (nSPS) is 10.1. The smallest absolute Gasteiger partial charge is 0.122 e. The predicted octanol–water partition coefficient (Wildman–Crippen LogP) is 3.02. The van der Waals surface area contributed by atoms with E-state index in [0.717, 1.165) is 28.3 Å². The summed E-state index contributed by atoms with van der Waals surface area (Å²) in [7, 11) is 3.30. The van der Waals surface area contributed by atoms with Crippen LogP contribution in [-0.2, 0) is 6.54 Å². The number of nitrogens with zero attached hydrogens (tertiary/aromatic N) is 1. The van der Waals surface area contributed by atoms with Crippen molar-refractivity contribution in [2.24, 2.45) is 0 Å².